The van der Waals surface area contributed by atoms with Crippen LogP contribution in [0.4, 0.5) is 0 Å². The van der Waals surface area contributed by atoms with Crippen molar-refractivity contribution in [3.63, 3.8) is 0 Å². The highest BCUT2D eigenvalue weighted by Crippen LogP contribution is 2.14. The standard InChI is InChI=1S/C16H17NO3S/c1-13-8-10-15(11-9-13)21(18,19)17-16(20-2)12-14-6-4-3-5-7-14/h3-11H,12H2,1-2H3/b17-16+. The van der Waals surface area contributed by atoms with E-state index in [1.807, 2.05) is 37.3 Å². The summed E-state index contributed by atoms with van der Waals surface area (Å²) in [5, 5.41) is 0. The fourth-order valence-corrected chi connectivity index (χ4v) is 2.80. The fourth-order valence-electron chi connectivity index (χ4n) is 1.81. The van der Waals surface area contributed by atoms with Crippen LogP contribution in [0.1, 0.15) is 11.1 Å². The molecule has 110 valence electrons. The number of rotatable bonds is 4. The highest BCUT2D eigenvalue weighted by molar-refractivity contribution is 7.90. The van der Waals surface area contributed by atoms with Crippen molar-refractivity contribution in [1.29, 1.82) is 0 Å². The minimum atomic E-state index is -3.75. The van der Waals surface area contributed by atoms with E-state index in [9.17, 15) is 8.42 Å². The third-order valence-corrected chi connectivity index (χ3v) is 4.29. The monoisotopic (exact) mass is 303 g/mol. The number of benzene rings is 2. The predicted molar refractivity (Wildman–Crippen MR) is 83.0 cm³/mol. The Labute approximate surface area is 125 Å². The largest absolute Gasteiger partial charge is 0.483 e. The van der Waals surface area contributed by atoms with Gasteiger partial charge in [-0.1, -0.05) is 48.0 Å². The molecule has 0 aliphatic heterocycles. The van der Waals surface area contributed by atoms with Gasteiger partial charge in [-0.2, -0.15) is 8.42 Å². The lowest BCUT2D eigenvalue weighted by Crippen LogP contribution is -2.10. The SMILES string of the molecule is CO/C(Cc1ccccc1)=N/S(=O)(=O)c1ccc(C)cc1. The van der Waals surface area contributed by atoms with Crippen molar-refractivity contribution >= 4 is 15.9 Å². The van der Waals surface area contributed by atoms with Gasteiger partial charge in [0.2, 0.25) is 5.90 Å². The summed E-state index contributed by atoms with van der Waals surface area (Å²) in [6, 6.07) is 16.0. The molecule has 0 saturated heterocycles. The molecule has 0 N–H and O–H groups in total. The minimum Gasteiger partial charge on any atom is -0.483 e. The molecule has 21 heavy (non-hydrogen) atoms. The molecule has 5 heteroatoms. The van der Waals surface area contributed by atoms with E-state index in [0.29, 0.717) is 6.42 Å². The van der Waals surface area contributed by atoms with Crippen LogP contribution in [0.15, 0.2) is 63.9 Å². The van der Waals surface area contributed by atoms with Crippen LogP contribution in [0.5, 0.6) is 0 Å². The number of ether oxygens (including phenoxy) is 1. The third kappa shape index (κ3) is 4.16. The molecule has 0 unspecified atom stereocenters. The van der Waals surface area contributed by atoms with Crippen LogP contribution < -0.4 is 0 Å². The van der Waals surface area contributed by atoms with Gasteiger partial charge in [-0.15, -0.1) is 4.40 Å². The second-order valence-corrected chi connectivity index (χ2v) is 6.24. The summed E-state index contributed by atoms with van der Waals surface area (Å²) < 4.78 is 33.4. The van der Waals surface area contributed by atoms with Gasteiger partial charge in [0.25, 0.3) is 10.0 Å². The van der Waals surface area contributed by atoms with E-state index in [1.165, 1.54) is 7.11 Å². The fraction of sp³-hybridized carbons (Fsp3) is 0.188. The van der Waals surface area contributed by atoms with Gasteiger partial charge in [-0.3, -0.25) is 0 Å². The highest BCUT2D eigenvalue weighted by atomic mass is 32.2. The molecule has 0 amide bonds. The summed E-state index contributed by atoms with van der Waals surface area (Å²) in [7, 11) is -2.32. The van der Waals surface area contributed by atoms with Crippen molar-refractivity contribution in [2.45, 2.75) is 18.2 Å². The Morgan fingerprint density at radius 1 is 1.05 bits per heavy atom. The lowest BCUT2D eigenvalue weighted by Gasteiger charge is -2.06. The van der Waals surface area contributed by atoms with Gasteiger partial charge in [0.1, 0.15) is 0 Å². The van der Waals surface area contributed by atoms with Gasteiger partial charge in [-0.25, -0.2) is 0 Å². The minimum absolute atomic E-state index is 0.163. The van der Waals surface area contributed by atoms with Gasteiger partial charge in [0, 0.05) is 6.42 Å². The molecule has 0 heterocycles. The van der Waals surface area contributed by atoms with E-state index in [-0.39, 0.29) is 10.8 Å². The summed E-state index contributed by atoms with van der Waals surface area (Å²) in [5.74, 6) is 0.168. The Morgan fingerprint density at radius 3 is 2.24 bits per heavy atom. The summed E-state index contributed by atoms with van der Waals surface area (Å²) in [6.45, 7) is 1.90. The van der Waals surface area contributed by atoms with Crippen molar-refractivity contribution in [3.8, 4) is 0 Å². The number of nitrogens with zero attached hydrogens (tertiary/aromatic N) is 1. The van der Waals surface area contributed by atoms with Crippen molar-refractivity contribution < 1.29 is 13.2 Å². The maximum Gasteiger partial charge on any atom is 0.285 e. The Kier molecular flexibility index (Phi) is 4.75. The molecule has 4 nitrogen and oxygen atoms in total. The number of aryl methyl sites for hydroxylation is 1. The van der Waals surface area contributed by atoms with Crippen LogP contribution >= 0.6 is 0 Å². The van der Waals surface area contributed by atoms with E-state index < -0.39 is 10.0 Å². The molecule has 2 aromatic carbocycles. The molecule has 0 saturated carbocycles. The maximum absolute atomic E-state index is 12.2. The average Bonchev–Trinajstić information content (AvgIpc) is 2.48. The molecule has 0 fully saturated rings. The van der Waals surface area contributed by atoms with Gasteiger partial charge >= 0.3 is 0 Å². The molecule has 2 rings (SSSR count). The molecule has 0 radical (unpaired) electrons. The smallest absolute Gasteiger partial charge is 0.285 e. The molecule has 0 spiro atoms. The normalized spacial score (nSPS) is 12.2. The third-order valence-electron chi connectivity index (χ3n) is 2.97. The van der Waals surface area contributed by atoms with E-state index in [2.05, 4.69) is 4.40 Å². The first kappa shape index (κ1) is 15.3. The van der Waals surface area contributed by atoms with Crippen LogP contribution in [0.3, 0.4) is 0 Å². The molecular weight excluding hydrogens is 286 g/mol. The number of hydrogen-bond donors (Lipinski definition) is 0. The first-order valence-corrected chi connectivity index (χ1v) is 7.94. The summed E-state index contributed by atoms with van der Waals surface area (Å²) in [6.07, 6.45) is 0.336. The molecule has 0 aliphatic rings. The zero-order valence-electron chi connectivity index (χ0n) is 12.0. The molecule has 0 bridgehead atoms. The topological polar surface area (TPSA) is 55.7 Å². The zero-order valence-corrected chi connectivity index (χ0v) is 12.8. The van der Waals surface area contributed by atoms with Gasteiger partial charge in [0.05, 0.1) is 12.0 Å². The quantitative estimate of drug-likeness (QED) is 0.644. The van der Waals surface area contributed by atoms with Gasteiger partial charge in [-0.05, 0) is 24.6 Å². The lowest BCUT2D eigenvalue weighted by atomic mass is 10.1. The summed E-state index contributed by atoms with van der Waals surface area (Å²) >= 11 is 0. The van der Waals surface area contributed by atoms with Crippen LogP contribution in [0.25, 0.3) is 0 Å². The van der Waals surface area contributed by atoms with Gasteiger partial charge < -0.3 is 4.74 Å². The predicted octanol–water partition coefficient (Wildman–Crippen LogP) is 2.97. The van der Waals surface area contributed by atoms with Crippen LogP contribution in [-0.2, 0) is 21.2 Å². The first-order valence-electron chi connectivity index (χ1n) is 6.50. The van der Waals surface area contributed by atoms with Gasteiger partial charge in [0.15, 0.2) is 0 Å². The zero-order chi connectivity index (χ0) is 15.3. The molecule has 0 atom stereocenters. The Hall–Kier alpha value is -2.14. The van der Waals surface area contributed by atoms with Crippen LogP contribution in [0, 0.1) is 6.92 Å². The number of sulfonamides is 1. The Balaban J connectivity index is 2.28. The lowest BCUT2D eigenvalue weighted by molar-refractivity contribution is 0.395. The average molecular weight is 303 g/mol. The second-order valence-electron chi connectivity index (χ2n) is 4.64. The second kappa shape index (κ2) is 6.54. The molecule has 2 aromatic rings. The maximum atomic E-state index is 12.2. The number of methoxy groups -OCH3 is 1. The summed E-state index contributed by atoms with van der Waals surface area (Å²) in [4.78, 5) is 0.163. The summed E-state index contributed by atoms with van der Waals surface area (Å²) in [5.41, 5.74) is 1.94. The van der Waals surface area contributed by atoms with E-state index >= 15 is 0 Å². The first-order chi connectivity index (χ1) is 10.0. The van der Waals surface area contributed by atoms with Crippen molar-refractivity contribution in [1.82, 2.24) is 0 Å². The van der Waals surface area contributed by atoms with Crippen molar-refractivity contribution in [2.75, 3.05) is 7.11 Å². The molecular formula is C16H17NO3S. The number of hydrogen-bond acceptors (Lipinski definition) is 3. The van der Waals surface area contributed by atoms with E-state index in [1.54, 1.807) is 24.3 Å². The molecule has 0 aliphatic carbocycles. The van der Waals surface area contributed by atoms with Crippen LogP contribution in [-0.4, -0.2) is 21.4 Å². The van der Waals surface area contributed by atoms with Crippen LogP contribution in [0.2, 0.25) is 0 Å². The Morgan fingerprint density at radius 2 is 1.67 bits per heavy atom. The van der Waals surface area contributed by atoms with Crippen molar-refractivity contribution in [3.05, 3.63) is 65.7 Å². The van der Waals surface area contributed by atoms with E-state index in [4.69, 9.17) is 4.74 Å². The highest BCUT2D eigenvalue weighted by Gasteiger charge is 2.15. The van der Waals surface area contributed by atoms with E-state index in [0.717, 1.165) is 11.1 Å². The Bertz CT molecular complexity index is 720. The van der Waals surface area contributed by atoms with Crippen molar-refractivity contribution in [2.24, 2.45) is 4.40 Å². The molecule has 0 aromatic heterocycles.